The number of benzene rings is 1. The highest BCUT2D eigenvalue weighted by Crippen LogP contribution is 2.25. The highest BCUT2D eigenvalue weighted by molar-refractivity contribution is 7.91. The maximum absolute atomic E-state index is 12.6. The molecule has 0 radical (unpaired) electrons. The lowest BCUT2D eigenvalue weighted by atomic mass is 10.1. The Bertz CT molecular complexity index is 874. The number of anilines is 1. The summed E-state index contributed by atoms with van der Waals surface area (Å²) in [4.78, 5) is 12.4. The van der Waals surface area contributed by atoms with E-state index in [1.807, 2.05) is 18.2 Å². The monoisotopic (exact) mass is 376 g/mol. The van der Waals surface area contributed by atoms with Gasteiger partial charge < -0.3 is 5.32 Å². The fourth-order valence-corrected chi connectivity index (χ4v) is 5.45. The molecular formula is C18H20N2O3S2. The largest absolute Gasteiger partial charge is 0.325 e. The van der Waals surface area contributed by atoms with E-state index in [0.717, 1.165) is 34.9 Å². The van der Waals surface area contributed by atoms with Crippen LogP contribution in [0.5, 0.6) is 0 Å². The van der Waals surface area contributed by atoms with Crippen LogP contribution in [-0.4, -0.2) is 31.7 Å². The van der Waals surface area contributed by atoms with Crippen LogP contribution in [0.3, 0.4) is 0 Å². The molecule has 0 fully saturated rings. The van der Waals surface area contributed by atoms with E-state index >= 15 is 0 Å². The number of rotatable bonds is 7. The third-order valence-corrected chi connectivity index (χ3v) is 7.31. The highest BCUT2D eigenvalue weighted by Gasteiger charge is 2.26. The van der Waals surface area contributed by atoms with Gasteiger partial charge in [0.05, 0.1) is 6.54 Å². The molecule has 0 saturated heterocycles. The molecule has 0 aliphatic heterocycles. The van der Waals surface area contributed by atoms with Crippen molar-refractivity contribution in [3.05, 3.63) is 59.5 Å². The van der Waals surface area contributed by atoms with Crippen LogP contribution in [0.1, 0.15) is 17.5 Å². The SMILES string of the molecule is C=CCN(CC(=O)Nc1ccc2c(c1)CCC2)S(=O)(=O)c1cccs1. The lowest BCUT2D eigenvalue weighted by Gasteiger charge is -2.19. The summed E-state index contributed by atoms with van der Waals surface area (Å²) in [7, 11) is -3.70. The summed E-state index contributed by atoms with van der Waals surface area (Å²) < 4.78 is 26.6. The van der Waals surface area contributed by atoms with Crippen molar-refractivity contribution in [1.82, 2.24) is 4.31 Å². The lowest BCUT2D eigenvalue weighted by molar-refractivity contribution is -0.116. The molecule has 132 valence electrons. The third-order valence-electron chi connectivity index (χ3n) is 4.12. The first-order valence-corrected chi connectivity index (χ1v) is 10.4. The van der Waals surface area contributed by atoms with Crippen LogP contribution in [0.2, 0.25) is 0 Å². The summed E-state index contributed by atoms with van der Waals surface area (Å²) in [6, 6.07) is 9.09. The zero-order valence-electron chi connectivity index (χ0n) is 13.8. The molecule has 7 heteroatoms. The number of nitrogens with zero attached hydrogens (tertiary/aromatic N) is 1. The number of thiophene rings is 1. The molecule has 0 saturated carbocycles. The molecule has 1 aromatic heterocycles. The summed E-state index contributed by atoms with van der Waals surface area (Å²) >= 11 is 1.13. The molecule has 0 bridgehead atoms. The van der Waals surface area contributed by atoms with Crippen molar-refractivity contribution in [2.45, 2.75) is 23.5 Å². The number of nitrogens with one attached hydrogen (secondary N) is 1. The van der Waals surface area contributed by atoms with E-state index in [2.05, 4.69) is 11.9 Å². The van der Waals surface area contributed by atoms with E-state index in [-0.39, 0.29) is 23.2 Å². The van der Waals surface area contributed by atoms with Crippen molar-refractivity contribution in [3.8, 4) is 0 Å². The Morgan fingerprint density at radius 2 is 2.08 bits per heavy atom. The minimum Gasteiger partial charge on any atom is -0.325 e. The summed E-state index contributed by atoms with van der Waals surface area (Å²) in [6.45, 7) is 3.43. The van der Waals surface area contributed by atoms with Gasteiger partial charge in [0.1, 0.15) is 4.21 Å². The first-order chi connectivity index (χ1) is 12.0. The Hall–Kier alpha value is -1.96. The van der Waals surface area contributed by atoms with Gasteiger partial charge in [-0.2, -0.15) is 4.31 Å². The van der Waals surface area contributed by atoms with Crippen molar-refractivity contribution >= 4 is 33.0 Å². The molecule has 0 spiro atoms. The Morgan fingerprint density at radius 1 is 1.28 bits per heavy atom. The molecule has 1 N–H and O–H groups in total. The van der Waals surface area contributed by atoms with Crippen LogP contribution in [0.15, 0.2) is 52.6 Å². The smallest absolute Gasteiger partial charge is 0.253 e. The van der Waals surface area contributed by atoms with Crippen molar-refractivity contribution < 1.29 is 13.2 Å². The highest BCUT2D eigenvalue weighted by atomic mass is 32.2. The van der Waals surface area contributed by atoms with Crippen LogP contribution in [0.4, 0.5) is 5.69 Å². The summed E-state index contributed by atoms with van der Waals surface area (Å²) in [5.74, 6) is -0.361. The average Bonchev–Trinajstić information content (AvgIpc) is 3.25. The number of amides is 1. The maximum Gasteiger partial charge on any atom is 0.253 e. The second-order valence-corrected chi connectivity index (χ2v) is 9.02. The zero-order chi connectivity index (χ0) is 17.9. The first kappa shape index (κ1) is 17.8. The van der Waals surface area contributed by atoms with Crippen LogP contribution in [-0.2, 0) is 27.7 Å². The number of fused-ring (bicyclic) bond motifs is 1. The van der Waals surface area contributed by atoms with Crippen molar-refractivity contribution in [2.75, 3.05) is 18.4 Å². The van der Waals surface area contributed by atoms with Gasteiger partial charge in [-0.05, 0) is 54.0 Å². The van der Waals surface area contributed by atoms with Gasteiger partial charge in [-0.15, -0.1) is 17.9 Å². The van der Waals surface area contributed by atoms with Crippen molar-refractivity contribution in [1.29, 1.82) is 0 Å². The molecule has 5 nitrogen and oxygen atoms in total. The van der Waals surface area contributed by atoms with Crippen molar-refractivity contribution in [3.63, 3.8) is 0 Å². The normalized spacial score (nSPS) is 13.6. The van der Waals surface area contributed by atoms with Gasteiger partial charge in [0.2, 0.25) is 5.91 Å². The number of carbonyl (C=O) groups is 1. The Balaban J connectivity index is 1.72. The van der Waals surface area contributed by atoms with Gasteiger partial charge in [0, 0.05) is 12.2 Å². The Labute approximate surface area is 152 Å². The van der Waals surface area contributed by atoms with Gasteiger partial charge in [0.25, 0.3) is 10.0 Å². The predicted molar refractivity (Wildman–Crippen MR) is 100 cm³/mol. The van der Waals surface area contributed by atoms with E-state index in [0.29, 0.717) is 5.69 Å². The van der Waals surface area contributed by atoms with Crippen LogP contribution in [0.25, 0.3) is 0 Å². The van der Waals surface area contributed by atoms with Gasteiger partial charge in [0.15, 0.2) is 0 Å². The summed E-state index contributed by atoms with van der Waals surface area (Å²) in [6.07, 6.45) is 4.72. The molecular weight excluding hydrogens is 356 g/mol. The zero-order valence-corrected chi connectivity index (χ0v) is 15.4. The lowest BCUT2D eigenvalue weighted by Crippen LogP contribution is -2.37. The fraction of sp³-hybridized carbons (Fsp3) is 0.278. The predicted octanol–water partition coefficient (Wildman–Crippen LogP) is 3.05. The molecule has 0 atom stereocenters. The molecule has 1 heterocycles. The minimum absolute atomic E-state index is 0.0812. The number of hydrogen-bond acceptors (Lipinski definition) is 4. The Morgan fingerprint density at radius 3 is 2.80 bits per heavy atom. The van der Waals surface area contributed by atoms with Gasteiger partial charge in [-0.25, -0.2) is 8.42 Å². The minimum atomic E-state index is -3.70. The van der Waals surface area contributed by atoms with E-state index < -0.39 is 10.0 Å². The fourth-order valence-electron chi connectivity index (χ4n) is 2.94. The molecule has 2 aromatic rings. The number of aryl methyl sites for hydroxylation is 2. The molecule has 1 aliphatic rings. The average molecular weight is 377 g/mol. The molecule has 1 aromatic carbocycles. The molecule has 0 unspecified atom stereocenters. The Kier molecular flexibility index (Phi) is 5.36. The molecule has 3 rings (SSSR count). The van der Waals surface area contributed by atoms with Crippen LogP contribution in [0, 0.1) is 0 Å². The topological polar surface area (TPSA) is 66.5 Å². The van der Waals surface area contributed by atoms with Gasteiger partial charge in [-0.1, -0.05) is 18.2 Å². The molecule has 25 heavy (non-hydrogen) atoms. The molecule has 1 aliphatic carbocycles. The standard InChI is InChI=1S/C18H20N2O3S2/c1-2-10-20(25(22,23)18-7-4-11-24-18)13-17(21)19-16-9-8-14-5-3-6-15(14)12-16/h2,4,7-9,11-12H,1,3,5-6,10,13H2,(H,19,21). The second-order valence-electron chi connectivity index (χ2n) is 5.90. The third kappa shape index (κ3) is 4.00. The van der Waals surface area contributed by atoms with E-state index in [1.54, 1.807) is 11.4 Å². The number of carbonyl (C=O) groups excluding carboxylic acids is 1. The summed E-state index contributed by atoms with van der Waals surface area (Å²) in [5, 5.41) is 4.50. The molecule has 1 amide bonds. The second kappa shape index (κ2) is 7.51. The first-order valence-electron chi connectivity index (χ1n) is 8.07. The summed E-state index contributed by atoms with van der Waals surface area (Å²) in [5.41, 5.74) is 3.29. The number of sulfonamides is 1. The quantitative estimate of drug-likeness (QED) is 0.755. The number of hydrogen-bond donors (Lipinski definition) is 1. The van der Waals surface area contributed by atoms with Gasteiger partial charge >= 0.3 is 0 Å². The van der Waals surface area contributed by atoms with E-state index in [1.165, 1.54) is 23.3 Å². The van der Waals surface area contributed by atoms with Crippen LogP contribution < -0.4 is 5.32 Å². The van der Waals surface area contributed by atoms with E-state index in [4.69, 9.17) is 0 Å². The van der Waals surface area contributed by atoms with Gasteiger partial charge in [-0.3, -0.25) is 4.79 Å². The van der Waals surface area contributed by atoms with Crippen LogP contribution >= 0.6 is 11.3 Å². The van der Waals surface area contributed by atoms with E-state index in [9.17, 15) is 13.2 Å². The maximum atomic E-state index is 12.6. The van der Waals surface area contributed by atoms with Crippen molar-refractivity contribution in [2.24, 2.45) is 0 Å².